The maximum atomic E-state index is 10.8. The number of hydrogen-bond acceptors (Lipinski definition) is 8. The SMILES string of the molecule is O=C(O)CC(O)(CC(=O)OC(O)(O)O)C(=O)O.[H-].[Na+]. The molecule has 1 unspecified atom stereocenters. The van der Waals surface area contributed by atoms with Gasteiger partial charge in [-0.1, -0.05) is 0 Å². The molecule has 0 heterocycles. The van der Waals surface area contributed by atoms with E-state index in [1.807, 2.05) is 0 Å². The Morgan fingerprint density at radius 2 is 1.44 bits per heavy atom. The number of rotatable bonds is 6. The van der Waals surface area contributed by atoms with Crippen molar-refractivity contribution in [3.05, 3.63) is 0 Å². The van der Waals surface area contributed by atoms with Gasteiger partial charge in [0.1, 0.15) is 0 Å². The van der Waals surface area contributed by atoms with Gasteiger partial charge in [0.25, 0.3) is 0 Å². The van der Waals surface area contributed by atoms with E-state index >= 15 is 0 Å². The van der Waals surface area contributed by atoms with Crippen molar-refractivity contribution in [2.24, 2.45) is 0 Å². The number of ether oxygens (including phenoxy) is 1. The van der Waals surface area contributed by atoms with Crippen molar-refractivity contribution in [3.63, 3.8) is 0 Å². The van der Waals surface area contributed by atoms with Crippen LogP contribution in [-0.4, -0.2) is 60.3 Å². The second kappa shape index (κ2) is 6.99. The predicted molar refractivity (Wildman–Crippen MR) is 46.0 cm³/mol. The first-order valence-electron chi connectivity index (χ1n) is 4.03. The predicted octanol–water partition coefficient (Wildman–Crippen LogP) is -6.09. The van der Waals surface area contributed by atoms with E-state index in [4.69, 9.17) is 25.5 Å². The van der Waals surface area contributed by atoms with Crippen molar-refractivity contribution in [1.29, 1.82) is 0 Å². The van der Waals surface area contributed by atoms with Crippen LogP contribution in [0.5, 0.6) is 0 Å². The Hall–Kier alpha value is -0.750. The van der Waals surface area contributed by atoms with Crippen LogP contribution in [-0.2, 0) is 19.1 Å². The molecule has 0 aliphatic carbocycles. The van der Waals surface area contributed by atoms with E-state index in [-0.39, 0.29) is 31.0 Å². The van der Waals surface area contributed by atoms with Gasteiger partial charge in [0.05, 0.1) is 12.8 Å². The monoisotopic (exact) mass is 278 g/mol. The zero-order valence-electron chi connectivity index (χ0n) is 10.2. The largest absolute Gasteiger partial charge is 1.00 e. The second-order valence-electron chi connectivity index (χ2n) is 3.13. The molecule has 10 nitrogen and oxygen atoms in total. The van der Waals surface area contributed by atoms with Crippen LogP contribution in [0.25, 0.3) is 0 Å². The minimum Gasteiger partial charge on any atom is -1.00 e. The molecule has 0 aliphatic rings. The average molecular weight is 278 g/mol. The molecule has 0 rings (SSSR count). The fourth-order valence-electron chi connectivity index (χ4n) is 0.891. The molecule has 0 aromatic carbocycles. The molecule has 0 radical (unpaired) electrons. The van der Waals surface area contributed by atoms with E-state index in [0.29, 0.717) is 0 Å². The number of carboxylic acid groups (broad SMARTS) is 2. The Morgan fingerprint density at radius 1 is 1.00 bits per heavy atom. The quantitative estimate of drug-likeness (QED) is 0.155. The van der Waals surface area contributed by atoms with Gasteiger partial charge in [0.2, 0.25) is 0 Å². The number of esters is 1. The van der Waals surface area contributed by atoms with Crippen LogP contribution < -0.4 is 29.6 Å². The van der Waals surface area contributed by atoms with Crippen LogP contribution in [0.15, 0.2) is 0 Å². The molecule has 18 heavy (non-hydrogen) atoms. The Labute approximate surface area is 123 Å². The minimum absolute atomic E-state index is 0. The van der Waals surface area contributed by atoms with E-state index in [9.17, 15) is 19.5 Å². The van der Waals surface area contributed by atoms with Crippen LogP contribution >= 0.6 is 0 Å². The number of hydrogen-bond donors (Lipinski definition) is 6. The summed E-state index contributed by atoms with van der Waals surface area (Å²) in [4.78, 5) is 31.7. The summed E-state index contributed by atoms with van der Waals surface area (Å²) in [5.41, 5.74) is -2.98. The second-order valence-corrected chi connectivity index (χ2v) is 3.13. The van der Waals surface area contributed by atoms with Crippen LogP contribution in [0.2, 0.25) is 0 Å². The third-order valence-electron chi connectivity index (χ3n) is 1.53. The number of carbonyl (C=O) groups excluding carboxylic acids is 1. The van der Waals surface area contributed by atoms with Gasteiger partial charge in [-0.3, -0.25) is 9.59 Å². The average Bonchev–Trinajstić information content (AvgIpc) is 1.96. The molecule has 0 bridgehead atoms. The third-order valence-corrected chi connectivity index (χ3v) is 1.53. The standard InChI is InChI=1S/C7H10O10.Na.H/c8-3(9)1-6(13,5(11)12)2-4(10)17-7(14,15)16;;/h13-16H,1-2H2,(H,8,9)(H,11,12);;/q;+1;-1. The Kier molecular flexibility index (Phi) is 7.61. The number of aliphatic carboxylic acids is 2. The van der Waals surface area contributed by atoms with E-state index in [1.54, 1.807) is 0 Å². The maximum Gasteiger partial charge on any atom is 1.00 e. The molecular formula is C7H11NaO10. The molecule has 100 valence electrons. The smallest absolute Gasteiger partial charge is 1.00 e. The Bertz CT molecular complexity index is 339. The normalized spacial score (nSPS) is 14.0. The first-order chi connectivity index (χ1) is 7.46. The van der Waals surface area contributed by atoms with Gasteiger partial charge in [-0.05, 0) is 0 Å². The summed E-state index contributed by atoms with van der Waals surface area (Å²) in [6, 6.07) is 0. The zero-order chi connectivity index (χ0) is 13.9. The molecule has 6 N–H and O–H groups in total. The number of carbonyl (C=O) groups is 3. The van der Waals surface area contributed by atoms with Gasteiger partial charge < -0.3 is 36.8 Å². The first kappa shape index (κ1) is 19.6. The van der Waals surface area contributed by atoms with Crippen molar-refractivity contribution in [1.82, 2.24) is 0 Å². The summed E-state index contributed by atoms with van der Waals surface area (Å²) in [7, 11) is 0. The van der Waals surface area contributed by atoms with E-state index in [1.165, 1.54) is 0 Å². The maximum absolute atomic E-state index is 10.8. The molecule has 11 heteroatoms. The molecule has 0 aliphatic heterocycles. The molecule has 0 aromatic heterocycles. The molecule has 0 saturated heterocycles. The van der Waals surface area contributed by atoms with Crippen LogP contribution in [0.3, 0.4) is 0 Å². The molecular weight excluding hydrogens is 267 g/mol. The molecule has 0 saturated carbocycles. The van der Waals surface area contributed by atoms with Gasteiger partial charge in [-0.15, -0.1) is 0 Å². The molecule has 0 amide bonds. The summed E-state index contributed by atoms with van der Waals surface area (Å²) in [6.07, 6.45) is -6.54. The first-order valence-corrected chi connectivity index (χ1v) is 4.03. The summed E-state index contributed by atoms with van der Waals surface area (Å²) in [6.45, 7) is 0. The van der Waals surface area contributed by atoms with Crippen molar-refractivity contribution in [2.75, 3.05) is 0 Å². The molecule has 1 atom stereocenters. The van der Waals surface area contributed by atoms with E-state index in [2.05, 4.69) is 4.74 Å². The minimum atomic E-state index is -3.83. The van der Waals surface area contributed by atoms with E-state index < -0.39 is 42.5 Å². The summed E-state index contributed by atoms with van der Waals surface area (Å²) in [5.74, 6) is -5.44. The molecule has 0 aromatic rings. The van der Waals surface area contributed by atoms with Gasteiger partial charge in [0.15, 0.2) is 5.60 Å². The van der Waals surface area contributed by atoms with Crippen molar-refractivity contribution < 1.29 is 80.7 Å². The van der Waals surface area contributed by atoms with Gasteiger partial charge in [0, 0.05) is 0 Å². The van der Waals surface area contributed by atoms with Crippen LogP contribution in [0.4, 0.5) is 0 Å². The number of aliphatic hydroxyl groups is 4. The Balaban J connectivity index is -0.00000128. The summed E-state index contributed by atoms with van der Waals surface area (Å²) >= 11 is 0. The van der Waals surface area contributed by atoms with Crippen molar-refractivity contribution in [3.8, 4) is 0 Å². The van der Waals surface area contributed by atoms with E-state index in [0.717, 1.165) is 0 Å². The Morgan fingerprint density at radius 3 is 1.72 bits per heavy atom. The van der Waals surface area contributed by atoms with Crippen molar-refractivity contribution in [2.45, 2.75) is 24.6 Å². The number of carboxylic acids is 2. The van der Waals surface area contributed by atoms with Crippen LogP contribution in [0.1, 0.15) is 14.3 Å². The third kappa shape index (κ3) is 7.55. The van der Waals surface area contributed by atoms with Gasteiger partial charge in [-0.25, -0.2) is 4.79 Å². The van der Waals surface area contributed by atoms with Crippen LogP contribution in [0, 0.1) is 0 Å². The van der Waals surface area contributed by atoms with Gasteiger partial charge >= 0.3 is 53.6 Å². The zero-order valence-corrected chi connectivity index (χ0v) is 11.2. The fourth-order valence-corrected chi connectivity index (χ4v) is 0.891. The fraction of sp³-hybridized carbons (Fsp3) is 0.571. The summed E-state index contributed by atoms with van der Waals surface area (Å²) < 4.78 is 3.48. The molecule has 0 fully saturated rings. The van der Waals surface area contributed by atoms with Crippen molar-refractivity contribution >= 4 is 17.9 Å². The summed E-state index contributed by atoms with van der Waals surface area (Å²) in [5, 5.41) is 50.8. The molecule has 0 spiro atoms. The topological polar surface area (TPSA) is 182 Å². The van der Waals surface area contributed by atoms with Gasteiger partial charge in [-0.2, -0.15) is 0 Å².